The monoisotopic (exact) mass is 798 g/mol. The zero-order chi connectivity index (χ0) is 37.1. The van der Waals surface area contributed by atoms with Crippen molar-refractivity contribution in [2.75, 3.05) is 13.2 Å². The lowest BCUT2D eigenvalue weighted by Crippen LogP contribution is -2.21. The van der Waals surface area contributed by atoms with Crippen molar-refractivity contribution < 1.29 is 27.8 Å². The second kappa shape index (κ2) is 18.4. The van der Waals surface area contributed by atoms with E-state index in [0.29, 0.717) is 17.6 Å². The van der Waals surface area contributed by atoms with Gasteiger partial charge in [0.05, 0.1) is 34.3 Å². The second-order valence-electron chi connectivity index (χ2n) is 10.7. The smallest absolute Gasteiger partial charge is 0.343 e. The number of fused-ring (bicyclic) bond motifs is 2. The van der Waals surface area contributed by atoms with Crippen molar-refractivity contribution in [1.82, 2.24) is 9.55 Å². The lowest BCUT2D eigenvalue weighted by atomic mass is 10.1. The number of esters is 2. The highest BCUT2D eigenvalue weighted by Crippen LogP contribution is 2.23. The van der Waals surface area contributed by atoms with Gasteiger partial charge in [0.25, 0.3) is 0 Å². The molecule has 0 aliphatic heterocycles. The number of nitrogens with zero attached hydrogens (tertiary/aromatic N) is 1. The largest absolute Gasteiger partial charge is 0.462 e. The highest BCUT2D eigenvalue weighted by Gasteiger charge is 2.19. The van der Waals surface area contributed by atoms with E-state index in [1.54, 1.807) is 18.4 Å². The van der Waals surface area contributed by atoms with Gasteiger partial charge in [-0.25, -0.2) is 18.4 Å². The van der Waals surface area contributed by atoms with Gasteiger partial charge in [-0.1, -0.05) is 99.8 Å². The predicted octanol–water partition coefficient (Wildman–Crippen LogP) is 9.10. The van der Waals surface area contributed by atoms with E-state index in [0.717, 1.165) is 23.0 Å². The lowest BCUT2D eigenvalue weighted by molar-refractivity contribution is 0.0514. The second-order valence-corrected chi connectivity index (χ2v) is 12.0. The molecular formula is C38H31BrCl2F2N2O6. The number of alkyl halides is 1. The fraction of sp³-hybridized carbons (Fsp3) is 0.158. The summed E-state index contributed by atoms with van der Waals surface area (Å²) in [5, 5.41) is 0.916. The van der Waals surface area contributed by atoms with Crippen LogP contribution in [0.25, 0.3) is 21.8 Å². The Morgan fingerprint density at radius 3 is 1.80 bits per heavy atom. The Kier molecular flexibility index (Phi) is 14.1. The first-order chi connectivity index (χ1) is 24.5. The molecule has 2 aromatic heterocycles. The van der Waals surface area contributed by atoms with E-state index in [-0.39, 0.29) is 45.2 Å². The number of pyridine rings is 2. The number of hydrogen-bond acceptors (Lipinski definition) is 6. The number of halogens is 5. The average Bonchev–Trinajstić information content (AvgIpc) is 3.13. The molecule has 0 bridgehead atoms. The third-order valence-electron chi connectivity index (χ3n) is 7.23. The molecule has 6 aromatic rings. The van der Waals surface area contributed by atoms with E-state index in [1.165, 1.54) is 30.1 Å². The van der Waals surface area contributed by atoms with E-state index < -0.39 is 34.4 Å². The molecule has 13 heteroatoms. The van der Waals surface area contributed by atoms with Crippen LogP contribution in [-0.4, -0.2) is 34.7 Å². The van der Waals surface area contributed by atoms with Gasteiger partial charge in [0.2, 0.25) is 10.9 Å². The Morgan fingerprint density at radius 1 is 0.745 bits per heavy atom. The molecule has 0 saturated heterocycles. The van der Waals surface area contributed by atoms with E-state index in [1.807, 2.05) is 48.5 Å². The Hall–Kier alpha value is -4.84. The average molecular weight is 800 g/mol. The molecule has 51 heavy (non-hydrogen) atoms. The van der Waals surface area contributed by atoms with Crippen LogP contribution in [0.4, 0.5) is 8.78 Å². The summed E-state index contributed by atoms with van der Waals surface area (Å²) in [5.41, 5.74) is 1.65. The lowest BCUT2D eigenvalue weighted by Gasteiger charge is -2.14. The van der Waals surface area contributed by atoms with E-state index in [4.69, 9.17) is 32.7 Å². The summed E-state index contributed by atoms with van der Waals surface area (Å²) >= 11 is 14.8. The Labute approximate surface area is 309 Å². The van der Waals surface area contributed by atoms with Crippen molar-refractivity contribution in [3.8, 4) is 0 Å². The molecule has 2 heterocycles. The topological polar surface area (TPSA) is 107 Å². The normalized spacial score (nSPS) is 10.5. The third kappa shape index (κ3) is 9.90. The Balaban J connectivity index is 0.000000194. The van der Waals surface area contributed by atoms with Crippen LogP contribution in [0.1, 0.15) is 45.7 Å². The predicted molar refractivity (Wildman–Crippen MR) is 199 cm³/mol. The number of carbonyl (C=O) groups is 2. The first-order valence-corrected chi connectivity index (χ1v) is 17.4. The van der Waals surface area contributed by atoms with Crippen LogP contribution in [0.5, 0.6) is 0 Å². The van der Waals surface area contributed by atoms with Gasteiger partial charge in [-0.15, -0.1) is 0 Å². The summed E-state index contributed by atoms with van der Waals surface area (Å²) in [6.07, 6.45) is 2.67. The van der Waals surface area contributed by atoms with Gasteiger partial charge in [-0.3, -0.25) is 9.59 Å². The minimum absolute atomic E-state index is 0.0578. The number of aromatic nitrogens is 2. The van der Waals surface area contributed by atoms with Crippen LogP contribution in [-0.2, 0) is 21.3 Å². The molecule has 0 aliphatic rings. The Morgan fingerprint density at radius 2 is 1.25 bits per heavy atom. The molecule has 0 spiro atoms. The van der Waals surface area contributed by atoms with E-state index >= 15 is 0 Å². The molecule has 0 aliphatic carbocycles. The first kappa shape index (κ1) is 39.0. The molecule has 0 saturated carbocycles. The van der Waals surface area contributed by atoms with Gasteiger partial charge < -0.3 is 19.0 Å². The number of hydrogen-bond donors (Lipinski definition) is 1. The number of H-pyrrole nitrogens is 1. The van der Waals surface area contributed by atoms with Crippen LogP contribution < -0.4 is 10.9 Å². The van der Waals surface area contributed by atoms with Crippen LogP contribution >= 0.6 is 39.1 Å². The summed E-state index contributed by atoms with van der Waals surface area (Å²) in [4.78, 5) is 50.9. The minimum Gasteiger partial charge on any atom is -0.462 e. The van der Waals surface area contributed by atoms with Crippen LogP contribution in [0.15, 0.2) is 107 Å². The van der Waals surface area contributed by atoms with Crippen LogP contribution in [0, 0.1) is 11.6 Å². The zero-order valence-electron chi connectivity index (χ0n) is 27.4. The number of ether oxygens (including phenoxy) is 2. The first-order valence-electron chi connectivity index (χ1n) is 15.5. The summed E-state index contributed by atoms with van der Waals surface area (Å²) in [6.45, 7) is 3.98. The van der Waals surface area contributed by atoms with Crippen LogP contribution in [0.2, 0.25) is 10.0 Å². The van der Waals surface area contributed by atoms with Gasteiger partial charge in [0, 0.05) is 35.0 Å². The maximum absolute atomic E-state index is 13.9. The zero-order valence-corrected chi connectivity index (χ0v) is 30.5. The van der Waals surface area contributed by atoms with Gasteiger partial charge in [0.1, 0.15) is 22.8 Å². The molecule has 0 amide bonds. The fourth-order valence-corrected chi connectivity index (χ4v) is 5.49. The summed E-state index contributed by atoms with van der Waals surface area (Å²) in [7, 11) is 0. The van der Waals surface area contributed by atoms with E-state index in [9.17, 15) is 28.0 Å². The number of benzene rings is 4. The number of aromatic amines is 1. The number of rotatable bonds is 7. The SMILES string of the molecule is BrCc1ccccc1.CCOC(=O)c1c[nH]c2cc(Cl)c(F)cc2c1=O.CCOC(=O)c1cn(Cc2ccccc2)c2cc(Cl)c(F)cc2c1=O. The molecule has 0 fully saturated rings. The van der Waals surface area contributed by atoms with Gasteiger partial charge in [-0.2, -0.15) is 0 Å². The minimum atomic E-state index is -0.740. The van der Waals surface area contributed by atoms with Crippen molar-refractivity contribution in [1.29, 1.82) is 0 Å². The summed E-state index contributed by atoms with van der Waals surface area (Å²) < 4.78 is 38.6. The molecule has 264 valence electrons. The maximum Gasteiger partial charge on any atom is 0.343 e. The van der Waals surface area contributed by atoms with Crippen molar-refractivity contribution in [3.63, 3.8) is 0 Å². The highest BCUT2D eigenvalue weighted by atomic mass is 79.9. The molecule has 0 unspecified atom stereocenters. The highest BCUT2D eigenvalue weighted by molar-refractivity contribution is 9.08. The number of nitrogens with one attached hydrogen (secondary N) is 1. The Bertz CT molecular complexity index is 2280. The fourth-order valence-electron chi connectivity index (χ4n) is 4.79. The van der Waals surface area contributed by atoms with Crippen LogP contribution in [0.3, 0.4) is 0 Å². The summed E-state index contributed by atoms with van der Waals surface area (Å²) in [5.74, 6) is -2.89. The standard InChI is InChI=1S/C19H15ClFNO3.C12H9ClFNO3.C7H7Br/c1-2-25-19(24)14-11-22(10-12-6-4-3-5-7-12)17-9-15(20)16(21)8-13(17)18(14)23;1-2-18-12(17)7-5-15-10-4-8(13)9(14)3-6(10)11(7)16;8-6-7-4-2-1-3-5-7/h3-9,11H,2,10H2,1H3;3-5H,2H2,1H3,(H,15,16);1-5H,6H2. The molecule has 6 rings (SSSR count). The number of carbonyl (C=O) groups excluding carboxylic acids is 2. The van der Waals surface area contributed by atoms with Crippen molar-refractivity contribution >= 4 is 72.9 Å². The molecule has 0 atom stereocenters. The van der Waals surface area contributed by atoms with Gasteiger partial charge in [0.15, 0.2) is 0 Å². The third-order valence-corrected chi connectivity index (χ3v) is 8.45. The van der Waals surface area contributed by atoms with E-state index in [2.05, 4.69) is 33.0 Å². The van der Waals surface area contributed by atoms with Crippen molar-refractivity contribution in [2.24, 2.45) is 0 Å². The van der Waals surface area contributed by atoms with Crippen molar-refractivity contribution in [3.05, 3.63) is 162 Å². The summed E-state index contributed by atoms with van der Waals surface area (Å²) in [6, 6.07) is 24.5. The molecule has 0 radical (unpaired) electrons. The van der Waals surface area contributed by atoms with Crippen molar-refractivity contribution in [2.45, 2.75) is 25.7 Å². The molecule has 4 aromatic carbocycles. The molecular weight excluding hydrogens is 769 g/mol. The maximum atomic E-state index is 13.9. The van der Waals surface area contributed by atoms with Gasteiger partial charge >= 0.3 is 11.9 Å². The molecule has 8 nitrogen and oxygen atoms in total. The molecule has 1 N–H and O–H groups in total. The van der Waals surface area contributed by atoms with Gasteiger partial charge in [-0.05, 0) is 49.2 Å². The quantitative estimate of drug-likeness (QED) is 0.128.